The summed E-state index contributed by atoms with van der Waals surface area (Å²) in [4.78, 5) is 25.6. The molecule has 5 nitrogen and oxygen atoms in total. The largest absolute Gasteiger partial charge is 0.455 e. The van der Waals surface area contributed by atoms with Gasteiger partial charge >= 0.3 is 0 Å². The molecule has 0 spiro atoms. The molecule has 27 heavy (non-hydrogen) atoms. The second-order valence-electron chi connectivity index (χ2n) is 6.51. The highest BCUT2D eigenvalue weighted by molar-refractivity contribution is 7.90. The number of carbonyl (C=O) groups is 1. The SMILES string of the molecule is CS(=O)(=O)c1ccc(-c2oc3ccccc3c(=O)c2C2=CCCC2=O)cc1. The van der Waals surface area contributed by atoms with Crippen LogP contribution < -0.4 is 5.43 Å². The van der Waals surface area contributed by atoms with Gasteiger partial charge in [-0.05, 0) is 42.8 Å². The number of benzene rings is 2. The van der Waals surface area contributed by atoms with E-state index in [-0.39, 0.29) is 27.4 Å². The van der Waals surface area contributed by atoms with Crippen molar-refractivity contribution in [2.75, 3.05) is 6.26 Å². The van der Waals surface area contributed by atoms with Crippen molar-refractivity contribution in [3.05, 3.63) is 70.4 Å². The lowest BCUT2D eigenvalue weighted by Gasteiger charge is -2.11. The zero-order valence-corrected chi connectivity index (χ0v) is 15.4. The molecule has 0 N–H and O–H groups in total. The molecule has 1 aliphatic carbocycles. The number of allylic oxidation sites excluding steroid dienone is 2. The van der Waals surface area contributed by atoms with Crippen LogP contribution in [0.5, 0.6) is 0 Å². The number of sulfone groups is 1. The predicted octanol–water partition coefficient (Wildman–Crippen LogP) is 3.61. The fourth-order valence-corrected chi connectivity index (χ4v) is 3.91. The number of para-hydroxylation sites is 1. The van der Waals surface area contributed by atoms with Gasteiger partial charge in [-0.1, -0.05) is 18.2 Å². The van der Waals surface area contributed by atoms with E-state index in [1.165, 1.54) is 12.1 Å². The van der Waals surface area contributed by atoms with E-state index in [0.717, 1.165) is 6.26 Å². The smallest absolute Gasteiger partial charge is 0.201 e. The summed E-state index contributed by atoms with van der Waals surface area (Å²) in [5.74, 6) is 0.187. The second kappa shape index (κ2) is 6.32. The summed E-state index contributed by atoms with van der Waals surface area (Å²) in [6.07, 6.45) is 3.85. The Morgan fingerprint density at radius 3 is 2.30 bits per heavy atom. The first-order valence-electron chi connectivity index (χ1n) is 8.46. The van der Waals surface area contributed by atoms with Gasteiger partial charge in [-0.15, -0.1) is 0 Å². The van der Waals surface area contributed by atoms with Crippen molar-refractivity contribution < 1.29 is 17.6 Å². The van der Waals surface area contributed by atoms with Crippen molar-refractivity contribution in [1.82, 2.24) is 0 Å². The van der Waals surface area contributed by atoms with Crippen molar-refractivity contribution in [2.24, 2.45) is 0 Å². The molecular weight excluding hydrogens is 364 g/mol. The van der Waals surface area contributed by atoms with Gasteiger partial charge in [0.2, 0.25) is 5.43 Å². The van der Waals surface area contributed by atoms with Crippen molar-refractivity contribution in [2.45, 2.75) is 17.7 Å². The van der Waals surface area contributed by atoms with Crippen LogP contribution in [0.1, 0.15) is 18.4 Å². The van der Waals surface area contributed by atoms with E-state index < -0.39 is 9.84 Å². The van der Waals surface area contributed by atoms with E-state index in [1.807, 2.05) is 0 Å². The molecule has 0 unspecified atom stereocenters. The van der Waals surface area contributed by atoms with Crippen molar-refractivity contribution >= 4 is 32.2 Å². The van der Waals surface area contributed by atoms with Crippen LogP contribution in [0.2, 0.25) is 0 Å². The Kier molecular flexibility index (Phi) is 4.08. The topological polar surface area (TPSA) is 81.4 Å². The summed E-state index contributed by atoms with van der Waals surface area (Å²) in [6.45, 7) is 0. The molecule has 0 saturated heterocycles. The Morgan fingerprint density at radius 2 is 1.67 bits per heavy atom. The average molecular weight is 380 g/mol. The Morgan fingerprint density at radius 1 is 0.963 bits per heavy atom. The predicted molar refractivity (Wildman–Crippen MR) is 103 cm³/mol. The standard InChI is InChI=1S/C21H16O5S/c1-27(24,25)14-11-9-13(10-12-14)21-19(15-6-4-7-17(15)22)20(23)16-5-2-3-8-18(16)26-21/h2-3,5-6,8-12H,4,7H2,1H3. The molecule has 136 valence electrons. The third kappa shape index (κ3) is 3.02. The Balaban J connectivity index is 2.02. The minimum Gasteiger partial charge on any atom is -0.455 e. The molecule has 6 heteroatoms. The number of Topliss-reactive ketones (excluding diaryl/α,β-unsaturated/α-hetero) is 1. The zero-order valence-electron chi connectivity index (χ0n) is 14.6. The molecule has 0 amide bonds. The molecule has 0 radical (unpaired) electrons. The van der Waals surface area contributed by atoms with Gasteiger partial charge in [0.1, 0.15) is 11.3 Å². The van der Waals surface area contributed by atoms with Crippen LogP contribution in [0.3, 0.4) is 0 Å². The fourth-order valence-electron chi connectivity index (χ4n) is 3.28. The van der Waals surface area contributed by atoms with Crippen LogP contribution in [0, 0.1) is 0 Å². The zero-order chi connectivity index (χ0) is 19.2. The lowest BCUT2D eigenvalue weighted by Crippen LogP contribution is -2.13. The Labute approximate surface area is 155 Å². The normalized spacial score (nSPS) is 14.6. The fraction of sp³-hybridized carbons (Fsp3) is 0.143. The average Bonchev–Trinajstić information content (AvgIpc) is 3.06. The van der Waals surface area contributed by atoms with Gasteiger partial charge in [0.25, 0.3) is 0 Å². The molecule has 0 saturated carbocycles. The number of carbonyl (C=O) groups excluding carboxylic acids is 1. The molecular formula is C21H16O5S. The Hall–Kier alpha value is -2.99. The van der Waals surface area contributed by atoms with Gasteiger partial charge in [-0.25, -0.2) is 8.42 Å². The quantitative estimate of drug-likeness (QED) is 0.693. The van der Waals surface area contributed by atoms with Crippen molar-refractivity contribution in [3.63, 3.8) is 0 Å². The maximum absolute atomic E-state index is 13.1. The van der Waals surface area contributed by atoms with Gasteiger partial charge < -0.3 is 4.42 Å². The van der Waals surface area contributed by atoms with Crippen molar-refractivity contribution in [1.29, 1.82) is 0 Å². The van der Waals surface area contributed by atoms with Gasteiger partial charge in [-0.2, -0.15) is 0 Å². The van der Waals surface area contributed by atoms with Crippen LogP contribution in [0.4, 0.5) is 0 Å². The van der Waals surface area contributed by atoms with E-state index >= 15 is 0 Å². The number of hydrogen-bond acceptors (Lipinski definition) is 5. The third-order valence-electron chi connectivity index (χ3n) is 4.63. The minimum absolute atomic E-state index is 0.0911. The number of ketones is 1. The first-order valence-corrected chi connectivity index (χ1v) is 10.4. The minimum atomic E-state index is -3.34. The van der Waals surface area contributed by atoms with E-state index in [1.54, 1.807) is 42.5 Å². The van der Waals surface area contributed by atoms with Crippen LogP contribution in [-0.4, -0.2) is 20.5 Å². The van der Waals surface area contributed by atoms with Crippen molar-refractivity contribution in [3.8, 4) is 11.3 Å². The lowest BCUT2D eigenvalue weighted by atomic mass is 9.97. The maximum atomic E-state index is 13.1. The molecule has 4 rings (SSSR count). The summed E-state index contributed by atoms with van der Waals surface area (Å²) in [7, 11) is -3.34. The molecule has 0 fully saturated rings. The number of fused-ring (bicyclic) bond motifs is 1. The van der Waals surface area contributed by atoms with Crippen LogP contribution in [0.25, 0.3) is 27.9 Å². The third-order valence-corrected chi connectivity index (χ3v) is 5.76. The van der Waals surface area contributed by atoms with Gasteiger partial charge in [0.15, 0.2) is 15.6 Å². The van der Waals surface area contributed by atoms with Gasteiger partial charge in [0, 0.05) is 23.8 Å². The highest BCUT2D eigenvalue weighted by Crippen LogP contribution is 2.33. The van der Waals surface area contributed by atoms with E-state index in [0.29, 0.717) is 34.9 Å². The molecule has 0 bridgehead atoms. The summed E-state index contributed by atoms with van der Waals surface area (Å²) >= 11 is 0. The second-order valence-corrected chi connectivity index (χ2v) is 8.52. The Bertz CT molecular complexity index is 1260. The summed E-state index contributed by atoms with van der Waals surface area (Å²) in [5.41, 5.74) is 1.31. The van der Waals surface area contributed by atoms with E-state index in [4.69, 9.17) is 4.42 Å². The van der Waals surface area contributed by atoms with Crippen LogP contribution in [0.15, 0.2) is 68.7 Å². The number of hydrogen-bond donors (Lipinski definition) is 0. The number of rotatable bonds is 3. The van der Waals surface area contributed by atoms with Crippen LogP contribution in [-0.2, 0) is 14.6 Å². The molecule has 2 aromatic carbocycles. The lowest BCUT2D eigenvalue weighted by molar-refractivity contribution is -0.113. The molecule has 1 aliphatic rings. The first kappa shape index (κ1) is 17.4. The summed E-state index contributed by atoms with van der Waals surface area (Å²) < 4.78 is 29.4. The monoisotopic (exact) mass is 380 g/mol. The molecule has 3 aromatic rings. The van der Waals surface area contributed by atoms with Gasteiger partial charge in [-0.3, -0.25) is 9.59 Å². The van der Waals surface area contributed by atoms with Crippen LogP contribution >= 0.6 is 0 Å². The summed E-state index contributed by atoms with van der Waals surface area (Å²) in [5, 5.41) is 0.407. The molecule has 0 atom stereocenters. The molecule has 0 aliphatic heterocycles. The van der Waals surface area contributed by atoms with Gasteiger partial charge in [0.05, 0.1) is 15.8 Å². The molecule has 1 heterocycles. The summed E-state index contributed by atoms with van der Waals surface area (Å²) in [6, 6.07) is 13.0. The van der Waals surface area contributed by atoms with E-state index in [2.05, 4.69) is 0 Å². The van der Waals surface area contributed by atoms with E-state index in [9.17, 15) is 18.0 Å². The molecule has 1 aromatic heterocycles. The highest BCUT2D eigenvalue weighted by atomic mass is 32.2. The first-order chi connectivity index (χ1) is 12.9. The highest BCUT2D eigenvalue weighted by Gasteiger charge is 2.26. The maximum Gasteiger partial charge on any atom is 0.201 e.